The molecular weight excluding hydrogens is 258 g/mol. The molecule has 2 fully saturated rings. The van der Waals surface area contributed by atoms with Gasteiger partial charge in [0.05, 0.1) is 0 Å². The van der Waals surface area contributed by atoms with Crippen molar-refractivity contribution in [1.82, 2.24) is 15.1 Å². The molecule has 0 aromatic rings. The maximum Gasteiger partial charge on any atom is 0.0120 e. The molecule has 0 atom stereocenters. The van der Waals surface area contributed by atoms with Crippen LogP contribution in [-0.2, 0) is 0 Å². The maximum absolute atomic E-state index is 3.41. The summed E-state index contributed by atoms with van der Waals surface area (Å²) in [6.45, 7) is 11.3. The molecule has 0 aromatic carbocycles. The summed E-state index contributed by atoms with van der Waals surface area (Å²) < 4.78 is 0. The first-order valence-electron chi connectivity index (χ1n) is 9.57. The summed E-state index contributed by atoms with van der Waals surface area (Å²) in [5, 5.41) is 3.41. The molecule has 2 aliphatic heterocycles. The second-order valence-corrected chi connectivity index (χ2v) is 6.94. The smallest absolute Gasteiger partial charge is 0.0120 e. The van der Waals surface area contributed by atoms with Crippen molar-refractivity contribution < 1.29 is 0 Å². The van der Waals surface area contributed by atoms with Crippen molar-refractivity contribution in [3.8, 4) is 0 Å². The van der Waals surface area contributed by atoms with Crippen LogP contribution in [0.3, 0.4) is 0 Å². The molecule has 0 unspecified atom stereocenters. The molecule has 3 nitrogen and oxygen atoms in total. The quantitative estimate of drug-likeness (QED) is 0.659. The van der Waals surface area contributed by atoms with Gasteiger partial charge in [-0.1, -0.05) is 26.2 Å². The Morgan fingerprint density at radius 2 is 1.57 bits per heavy atom. The van der Waals surface area contributed by atoms with Crippen LogP contribution in [0.5, 0.6) is 0 Å². The van der Waals surface area contributed by atoms with Crippen molar-refractivity contribution in [2.75, 3.05) is 45.8 Å². The lowest BCUT2D eigenvalue weighted by atomic mass is 9.99. The first-order chi connectivity index (χ1) is 10.4. The molecule has 0 aromatic heterocycles. The Labute approximate surface area is 132 Å². The number of nitrogens with one attached hydrogen (secondary N) is 1. The highest BCUT2D eigenvalue weighted by atomic mass is 15.2. The van der Waals surface area contributed by atoms with Crippen molar-refractivity contribution in [2.45, 2.75) is 70.8 Å². The summed E-state index contributed by atoms with van der Waals surface area (Å²) in [6.07, 6.45) is 12.7. The van der Waals surface area contributed by atoms with E-state index in [1.807, 2.05) is 0 Å². The van der Waals surface area contributed by atoms with Gasteiger partial charge in [-0.15, -0.1) is 0 Å². The Kier molecular flexibility index (Phi) is 8.68. The van der Waals surface area contributed by atoms with Crippen LogP contribution in [0.25, 0.3) is 0 Å². The Morgan fingerprint density at radius 3 is 2.29 bits per heavy atom. The van der Waals surface area contributed by atoms with Gasteiger partial charge in [0.25, 0.3) is 0 Å². The third kappa shape index (κ3) is 6.66. The number of hydrogen-bond acceptors (Lipinski definition) is 3. The minimum absolute atomic E-state index is 0.904. The number of nitrogens with zero attached hydrogens (tertiary/aromatic N) is 2. The Bertz CT molecular complexity index is 243. The van der Waals surface area contributed by atoms with E-state index < -0.39 is 0 Å². The highest BCUT2D eigenvalue weighted by Gasteiger charge is 2.24. The van der Waals surface area contributed by atoms with Crippen molar-refractivity contribution in [3.05, 3.63) is 0 Å². The fraction of sp³-hybridized carbons (Fsp3) is 1.00. The molecule has 0 bridgehead atoms. The predicted molar refractivity (Wildman–Crippen MR) is 91.9 cm³/mol. The van der Waals surface area contributed by atoms with Gasteiger partial charge in [0.1, 0.15) is 0 Å². The van der Waals surface area contributed by atoms with Gasteiger partial charge >= 0.3 is 0 Å². The molecule has 2 saturated heterocycles. The highest BCUT2D eigenvalue weighted by molar-refractivity contribution is 4.81. The maximum atomic E-state index is 3.41. The van der Waals surface area contributed by atoms with Gasteiger partial charge in [0, 0.05) is 6.04 Å². The van der Waals surface area contributed by atoms with Gasteiger partial charge < -0.3 is 15.1 Å². The second-order valence-electron chi connectivity index (χ2n) is 6.94. The van der Waals surface area contributed by atoms with Gasteiger partial charge in [-0.05, 0) is 84.3 Å². The van der Waals surface area contributed by atoms with Crippen molar-refractivity contribution in [2.24, 2.45) is 0 Å². The lowest BCUT2D eigenvalue weighted by Crippen LogP contribution is -2.46. The van der Waals surface area contributed by atoms with Gasteiger partial charge in [0.15, 0.2) is 0 Å². The van der Waals surface area contributed by atoms with E-state index in [2.05, 4.69) is 22.0 Å². The molecule has 0 radical (unpaired) electrons. The number of unbranched alkanes of at least 4 members (excludes halogenated alkanes) is 3. The Balaban J connectivity index is 1.47. The SMILES string of the molecule is CCNCCCCCCN1CCC(N2CCCCC2)CC1. The highest BCUT2D eigenvalue weighted by Crippen LogP contribution is 2.21. The molecule has 0 amide bonds. The summed E-state index contributed by atoms with van der Waals surface area (Å²) in [4.78, 5) is 5.49. The number of piperidine rings is 2. The Morgan fingerprint density at radius 1 is 0.857 bits per heavy atom. The fourth-order valence-corrected chi connectivity index (χ4v) is 3.91. The van der Waals surface area contributed by atoms with E-state index in [1.54, 1.807) is 0 Å². The predicted octanol–water partition coefficient (Wildman–Crippen LogP) is 3.11. The third-order valence-corrected chi connectivity index (χ3v) is 5.29. The lowest BCUT2D eigenvalue weighted by Gasteiger charge is -2.40. The molecule has 0 aliphatic carbocycles. The average molecular weight is 296 g/mol. The minimum Gasteiger partial charge on any atom is -0.317 e. The topological polar surface area (TPSA) is 18.5 Å². The van der Waals surface area contributed by atoms with Gasteiger partial charge in [-0.3, -0.25) is 0 Å². The summed E-state index contributed by atoms with van der Waals surface area (Å²) in [5.41, 5.74) is 0. The summed E-state index contributed by atoms with van der Waals surface area (Å²) in [7, 11) is 0. The molecule has 124 valence electrons. The fourth-order valence-electron chi connectivity index (χ4n) is 3.91. The van der Waals surface area contributed by atoms with Crippen LogP contribution >= 0.6 is 0 Å². The summed E-state index contributed by atoms with van der Waals surface area (Å²) in [6, 6.07) is 0.904. The molecule has 1 N–H and O–H groups in total. The van der Waals surface area contributed by atoms with E-state index in [1.165, 1.54) is 97.1 Å². The van der Waals surface area contributed by atoms with Gasteiger partial charge in [-0.25, -0.2) is 0 Å². The van der Waals surface area contributed by atoms with E-state index in [0.717, 1.165) is 12.6 Å². The second kappa shape index (κ2) is 10.6. The number of likely N-dealkylation sites (tertiary alicyclic amines) is 2. The zero-order chi connectivity index (χ0) is 14.8. The normalized spacial score (nSPS) is 22.7. The molecule has 0 spiro atoms. The van der Waals surface area contributed by atoms with E-state index in [4.69, 9.17) is 0 Å². The lowest BCUT2D eigenvalue weighted by molar-refractivity contribution is 0.0918. The molecule has 3 heteroatoms. The van der Waals surface area contributed by atoms with E-state index in [9.17, 15) is 0 Å². The van der Waals surface area contributed by atoms with Crippen molar-refractivity contribution in [3.63, 3.8) is 0 Å². The van der Waals surface area contributed by atoms with E-state index >= 15 is 0 Å². The summed E-state index contributed by atoms with van der Waals surface area (Å²) >= 11 is 0. The average Bonchev–Trinajstić information content (AvgIpc) is 2.55. The van der Waals surface area contributed by atoms with E-state index in [0.29, 0.717) is 0 Å². The standard InChI is InChI=1S/C18H37N3/c1-2-19-12-6-3-4-7-13-20-16-10-18(11-17-20)21-14-8-5-9-15-21/h18-19H,2-17H2,1H3. The number of hydrogen-bond donors (Lipinski definition) is 1. The molecule has 2 aliphatic rings. The van der Waals surface area contributed by atoms with Crippen LogP contribution in [0.1, 0.15) is 64.7 Å². The largest absolute Gasteiger partial charge is 0.317 e. The molecule has 21 heavy (non-hydrogen) atoms. The van der Waals surface area contributed by atoms with Crippen LogP contribution in [0.2, 0.25) is 0 Å². The van der Waals surface area contributed by atoms with Gasteiger partial charge in [-0.2, -0.15) is 0 Å². The van der Waals surface area contributed by atoms with Crippen LogP contribution < -0.4 is 5.32 Å². The molecular formula is C18H37N3. The molecule has 0 saturated carbocycles. The summed E-state index contributed by atoms with van der Waals surface area (Å²) in [5.74, 6) is 0. The first-order valence-corrected chi connectivity index (χ1v) is 9.57. The van der Waals surface area contributed by atoms with Gasteiger partial charge in [0.2, 0.25) is 0 Å². The van der Waals surface area contributed by atoms with Crippen LogP contribution in [0.15, 0.2) is 0 Å². The van der Waals surface area contributed by atoms with E-state index in [-0.39, 0.29) is 0 Å². The minimum atomic E-state index is 0.904. The van der Waals surface area contributed by atoms with Crippen molar-refractivity contribution >= 4 is 0 Å². The first kappa shape index (κ1) is 17.2. The molecule has 2 rings (SSSR count). The monoisotopic (exact) mass is 295 g/mol. The van der Waals surface area contributed by atoms with Crippen molar-refractivity contribution in [1.29, 1.82) is 0 Å². The van der Waals surface area contributed by atoms with Crippen LogP contribution in [0.4, 0.5) is 0 Å². The van der Waals surface area contributed by atoms with Crippen LogP contribution in [0, 0.1) is 0 Å². The zero-order valence-electron chi connectivity index (χ0n) is 14.3. The molecule has 2 heterocycles. The zero-order valence-corrected chi connectivity index (χ0v) is 14.3. The third-order valence-electron chi connectivity index (χ3n) is 5.29. The Hall–Kier alpha value is -0.120. The van der Waals surface area contributed by atoms with Crippen LogP contribution in [-0.4, -0.2) is 61.7 Å². The number of rotatable bonds is 9.